The molecule has 7 heteroatoms. The second-order valence-electron chi connectivity index (χ2n) is 7.37. The Morgan fingerprint density at radius 2 is 1.73 bits per heavy atom. The summed E-state index contributed by atoms with van der Waals surface area (Å²) in [5.41, 5.74) is 0.988. The molecule has 1 saturated carbocycles. The number of amides is 2. The summed E-state index contributed by atoms with van der Waals surface area (Å²) in [4.78, 5) is 27.5. The first-order valence-corrected chi connectivity index (χ1v) is 9.42. The third-order valence-corrected chi connectivity index (χ3v) is 6.00. The molecule has 0 spiro atoms. The van der Waals surface area contributed by atoms with Gasteiger partial charge >= 0.3 is 6.09 Å². The smallest absolute Gasteiger partial charge is 0.407 e. The average molecular weight is 381 g/mol. The lowest BCUT2D eigenvalue weighted by Crippen LogP contribution is -2.42. The molecule has 1 aliphatic heterocycles. The van der Waals surface area contributed by atoms with Crippen molar-refractivity contribution < 1.29 is 19.8 Å². The van der Waals surface area contributed by atoms with Crippen LogP contribution in [0.1, 0.15) is 37.2 Å². The number of carboxylic acid groups (broad SMARTS) is 1. The maximum atomic E-state index is 12.9. The number of hydrogen-bond acceptors (Lipinski definition) is 3. The summed E-state index contributed by atoms with van der Waals surface area (Å²) in [6, 6.07) is 7.11. The predicted molar refractivity (Wildman–Crippen MR) is 98.3 cm³/mol. The quantitative estimate of drug-likeness (QED) is 0.844. The van der Waals surface area contributed by atoms with E-state index in [9.17, 15) is 19.8 Å². The van der Waals surface area contributed by atoms with Crippen LogP contribution in [0, 0.1) is 5.92 Å². The van der Waals surface area contributed by atoms with E-state index in [1.54, 1.807) is 24.1 Å². The van der Waals surface area contributed by atoms with E-state index in [0.717, 1.165) is 5.56 Å². The molecule has 0 unspecified atom stereocenters. The summed E-state index contributed by atoms with van der Waals surface area (Å²) in [6.07, 6.45) is 1.41. The van der Waals surface area contributed by atoms with E-state index in [1.165, 1.54) is 4.90 Å². The molecule has 1 saturated heterocycles. The Hall–Kier alpha value is -1.79. The van der Waals surface area contributed by atoms with E-state index in [4.69, 9.17) is 11.6 Å². The van der Waals surface area contributed by atoms with Gasteiger partial charge in [-0.05, 0) is 43.4 Å². The normalized spacial score (nSPS) is 28.8. The molecule has 0 aromatic heterocycles. The van der Waals surface area contributed by atoms with Crippen molar-refractivity contribution in [2.45, 2.75) is 43.7 Å². The minimum atomic E-state index is -0.996. The van der Waals surface area contributed by atoms with Crippen molar-refractivity contribution in [1.29, 1.82) is 0 Å². The predicted octanol–water partition coefficient (Wildman–Crippen LogP) is 2.80. The number of carbonyl (C=O) groups is 2. The first kappa shape index (κ1) is 19.0. The molecule has 1 aliphatic carbocycles. The number of aliphatic hydroxyl groups is 1. The van der Waals surface area contributed by atoms with Crippen molar-refractivity contribution in [1.82, 2.24) is 9.80 Å². The zero-order valence-electron chi connectivity index (χ0n) is 14.8. The SMILES string of the molecule is CN(C(=O)O)[C@@H]1CN(C(=O)C2CCC(O)CC2)C[C@H]1c1ccc(Cl)cc1. The number of likely N-dealkylation sites (N-methyl/N-ethyl adjacent to an activating group) is 1. The molecule has 2 atom stereocenters. The molecule has 0 radical (unpaired) electrons. The van der Waals surface area contributed by atoms with Crippen LogP contribution >= 0.6 is 11.6 Å². The number of rotatable bonds is 3. The van der Waals surface area contributed by atoms with E-state index < -0.39 is 6.09 Å². The highest BCUT2D eigenvalue weighted by molar-refractivity contribution is 6.30. The zero-order chi connectivity index (χ0) is 18.8. The number of carbonyl (C=O) groups excluding carboxylic acids is 1. The molecular weight excluding hydrogens is 356 g/mol. The fourth-order valence-electron chi connectivity index (χ4n) is 4.12. The standard InChI is InChI=1S/C19H25ClN2O4/c1-21(19(25)26)17-11-22(18(24)13-4-8-15(23)9-5-13)10-16(17)12-2-6-14(20)7-3-12/h2-3,6-7,13,15-17,23H,4-5,8-11H2,1H3,(H,25,26)/t13?,15?,16-,17+/m0/s1. The van der Waals surface area contributed by atoms with Crippen molar-refractivity contribution in [2.75, 3.05) is 20.1 Å². The van der Waals surface area contributed by atoms with Crippen LogP contribution in [0.3, 0.4) is 0 Å². The number of halogens is 1. The van der Waals surface area contributed by atoms with Gasteiger partial charge in [0, 0.05) is 37.0 Å². The highest BCUT2D eigenvalue weighted by atomic mass is 35.5. The van der Waals surface area contributed by atoms with Crippen molar-refractivity contribution >= 4 is 23.6 Å². The maximum Gasteiger partial charge on any atom is 0.407 e. The first-order chi connectivity index (χ1) is 12.4. The summed E-state index contributed by atoms with van der Waals surface area (Å²) in [5, 5.41) is 19.7. The van der Waals surface area contributed by atoms with Gasteiger partial charge in [0.2, 0.25) is 5.91 Å². The molecule has 1 aromatic carbocycles. The van der Waals surface area contributed by atoms with Crippen molar-refractivity contribution in [3.63, 3.8) is 0 Å². The monoisotopic (exact) mass is 380 g/mol. The fourth-order valence-corrected chi connectivity index (χ4v) is 4.25. The number of hydrogen-bond donors (Lipinski definition) is 2. The second-order valence-corrected chi connectivity index (χ2v) is 7.80. The molecule has 2 aliphatic rings. The highest BCUT2D eigenvalue weighted by Crippen LogP contribution is 2.34. The summed E-state index contributed by atoms with van der Waals surface area (Å²) in [7, 11) is 1.56. The summed E-state index contributed by atoms with van der Waals surface area (Å²) < 4.78 is 0. The maximum absolute atomic E-state index is 12.9. The molecule has 26 heavy (non-hydrogen) atoms. The minimum absolute atomic E-state index is 0.0712. The molecule has 6 nitrogen and oxygen atoms in total. The molecule has 3 rings (SSSR count). The molecular formula is C19H25ClN2O4. The van der Waals surface area contributed by atoms with Crippen molar-refractivity contribution in [3.8, 4) is 0 Å². The van der Waals surface area contributed by atoms with Gasteiger partial charge in [-0.15, -0.1) is 0 Å². The van der Waals surface area contributed by atoms with E-state index in [2.05, 4.69) is 0 Å². The summed E-state index contributed by atoms with van der Waals surface area (Å²) in [6.45, 7) is 0.899. The molecule has 2 amide bonds. The van der Waals surface area contributed by atoms with Gasteiger partial charge in [0.05, 0.1) is 12.1 Å². The molecule has 0 bridgehead atoms. The minimum Gasteiger partial charge on any atom is -0.465 e. The van der Waals surface area contributed by atoms with Gasteiger partial charge in [-0.1, -0.05) is 23.7 Å². The van der Waals surface area contributed by atoms with Crippen LogP contribution in [0.25, 0.3) is 0 Å². The third-order valence-electron chi connectivity index (χ3n) is 5.74. The van der Waals surface area contributed by atoms with Crippen LogP contribution in [0.5, 0.6) is 0 Å². The van der Waals surface area contributed by atoms with Gasteiger partial charge in [0.25, 0.3) is 0 Å². The van der Waals surface area contributed by atoms with Crippen LogP contribution in [-0.4, -0.2) is 64.3 Å². The third kappa shape index (κ3) is 3.96. The Kier molecular flexibility index (Phi) is 5.73. The van der Waals surface area contributed by atoms with Crippen LogP contribution in [-0.2, 0) is 4.79 Å². The Morgan fingerprint density at radius 1 is 1.12 bits per heavy atom. The lowest BCUT2D eigenvalue weighted by atomic mass is 9.86. The molecule has 2 fully saturated rings. The fraction of sp³-hybridized carbons (Fsp3) is 0.579. The molecule has 142 valence electrons. The molecule has 1 heterocycles. The van der Waals surface area contributed by atoms with E-state index in [-0.39, 0.29) is 29.9 Å². The highest BCUT2D eigenvalue weighted by Gasteiger charge is 2.41. The largest absolute Gasteiger partial charge is 0.465 e. The van der Waals surface area contributed by atoms with Crippen LogP contribution < -0.4 is 0 Å². The van der Waals surface area contributed by atoms with Crippen molar-refractivity contribution in [3.05, 3.63) is 34.9 Å². The summed E-state index contributed by atoms with van der Waals surface area (Å²) in [5.74, 6) is -0.0678. The average Bonchev–Trinajstić information content (AvgIpc) is 3.07. The molecule has 2 N–H and O–H groups in total. The van der Waals surface area contributed by atoms with Gasteiger partial charge in [0.1, 0.15) is 0 Å². The number of likely N-dealkylation sites (tertiary alicyclic amines) is 1. The Labute approximate surface area is 158 Å². The van der Waals surface area contributed by atoms with E-state index in [1.807, 2.05) is 12.1 Å². The molecule has 1 aromatic rings. The number of benzene rings is 1. The topological polar surface area (TPSA) is 81.1 Å². The van der Waals surface area contributed by atoms with E-state index in [0.29, 0.717) is 43.8 Å². The number of aliphatic hydroxyl groups excluding tert-OH is 1. The zero-order valence-corrected chi connectivity index (χ0v) is 15.6. The van der Waals surface area contributed by atoms with Gasteiger partial charge < -0.3 is 20.0 Å². The second kappa shape index (κ2) is 7.84. The Morgan fingerprint density at radius 3 is 2.31 bits per heavy atom. The van der Waals surface area contributed by atoms with Crippen LogP contribution in [0.15, 0.2) is 24.3 Å². The lowest BCUT2D eigenvalue weighted by molar-refractivity contribution is -0.136. The number of nitrogens with zero attached hydrogens (tertiary/aromatic N) is 2. The van der Waals surface area contributed by atoms with Gasteiger partial charge in [-0.2, -0.15) is 0 Å². The summed E-state index contributed by atoms with van der Waals surface area (Å²) >= 11 is 5.97. The first-order valence-electron chi connectivity index (χ1n) is 9.05. The van der Waals surface area contributed by atoms with Crippen molar-refractivity contribution in [2.24, 2.45) is 5.92 Å². The van der Waals surface area contributed by atoms with E-state index >= 15 is 0 Å². The van der Waals surface area contributed by atoms with Crippen LogP contribution in [0.4, 0.5) is 4.79 Å². The lowest BCUT2D eigenvalue weighted by Gasteiger charge is -2.29. The van der Waals surface area contributed by atoms with Crippen LogP contribution in [0.2, 0.25) is 5.02 Å². The van der Waals surface area contributed by atoms with Gasteiger partial charge in [0.15, 0.2) is 0 Å². The van der Waals surface area contributed by atoms with Gasteiger partial charge in [-0.25, -0.2) is 4.79 Å². The van der Waals surface area contributed by atoms with Gasteiger partial charge in [-0.3, -0.25) is 4.79 Å². The Bertz CT molecular complexity index is 658. The Balaban J connectivity index is 1.78.